The molecule has 1 aliphatic heterocycles. The monoisotopic (exact) mass is 221 g/mol. The normalized spacial score (nSPS) is 20.5. The molecule has 1 fully saturated rings. The smallest absolute Gasteiger partial charge is 0.122 e. The van der Waals surface area contributed by atoms with Crippen LogP contribution in [0.15, 0.2) is 18.2 Å². The molecule has 1 unspecified atom stereocenters. The van der Waals surface area contributed by atoms with Crippen molar-refractivity contribution in [2.45, 2.75) is 25.3 Å². The zero-order valence-electron chi connectivity index (χ0n) is 9.95. The molecule has 0 spiro atoms. The Balaban J connectivity index is 2.24. The van der Waals surface area contributed by atoms with E-state index in [-0.39, 0.29) is 0 Å². The van der Waals surface area contributed by atoms with E-state index in [2.05, 4.69) is 17.4 Å². The van der Waals surface area contributed by atoms with Crippen molar-refractivity contribution in [3.8, 4) is 11.5 Å². The fourth-order valence-corrected chi connectivity index (χ4v) is 2.17. The van der Waals surface area contributed by atoms with Gasteiger partial charge in [0.1, 0.15) is 11.5 Å². The maximum atomic E-state index is 5.28. The van der Waals surface area contributed by atoms with Crippen LogP contribution in [-0.4, -0.2) is 20.8 Å². The molecule has 0 bridgehead atoms. The van der Waals surface area contributed by atoms with E-state index in [9.17, 15) is 0 Å². The highest BCUT2D eigenvalue weighted by molar-refractivity contribution is 5.39. The highest BCUT2D eigenvalue weighted by Crippen LogP contribution is 2.30. The first-order valence-corrected chi connectivity index (χ1v) is 5.80. The fourth-order valence-electron chi connectivity index (χ4n) is 2.17. The molecule has 0 aromatic heterocycles. The van der Waals surface area contributed by atoms with E-state index < -0.39 is 0 Å². The van der Waals surface area contributed by atoms with Gasteiger partial charge in [0.15, 0.2) is 0 Å². The van der Waals surface area contributed by atoms with Crippen molar-refractivity contribution in [1.29, 1.82) is 0 Å². The lowest BCUT2D eigenvalue weighted by Crippen LogP contribution is -2.26. The molecular weight excluding hydrogens is 202 g/mol. The Bertz CT molecular complexity index is 324. The average molecular weight is 221 g/mol. The quantitative estimate of drug-likeness (QED) is 0.850. The Labute approximate surface area is 96.8 Å². The molecule has 16 heavy (non-hydrogen) atoms. The summed E-state index contributed by atoms with van der Waals surface area (Å²) >= 11 is 0. The maximum absolute atomic E-state index is 5.28. The van der Waals surface area contributed by atoms with Gasteiger partial charge in [0, 0.05) is 12.1 Å². The Morgan fingerprint density at radius 1 is 1.06 bits per heavy atom. The number of rotatable bonds is 3. The summed E-state index contributed by atoms with van der Waals surface area (Å²) in [5.74, 6) is 1.73. The lowest BCUT2D eigenvalue weighted by atomic mass is 9.97. The van der Waals surface area contributed by atoms with Crippen molar-refractivity contribution in [3.63, 3.8) is 0 Å². The van der Waals surface area contributed by atoms with Gasteiger partial charge in [0.25, 0.3) is 0 Å². The third-order valence-corrected chi connectivity index (χ3v) is 3.09. The fraction of sp³-hybridized carbons (Fsp3) is 0.538. The molecule has 0 radical (unpaired) electrons. The Morgan fingerprint density at radius 3 is 2.25 bits per heavy atom. The standard InChI is InChI=1S/C13H19NO2/c1-15-11-7-10(8-12(9-11)16-2)13-5-3-4-6-14-13/h7-9,13-14H,3-6H2,1-2H3. The topological polar surface area (TPSA) is 30.5 Å². The molecule has 0 aliphatic carbocycles. The van der Waals surface area contributed by atoms with Gasteiger partial charge >= 0.3 is 0 Å². The minimum Gasteiger partial charge on any atom is -0.497 e. The van der Waals surface area contributed by atoms with Crippen molar-refractivity contribution in [3.05, 3.63) is 23.8 Å². The summed E-state index contributed by atoms with van der Waals surface area (Å²) < 4.78 is 10.6. The van der Waals surface area contributed by atoms with Gasteiger partial charge in [-0.15, -0.1) is 0 Å². The molecule has 0 saturated carbocycles. The van der Waals surface area contributed by atoms with Gasteiger partial charge in [-0.1, -0.05) is 6.42 Å². The largest absolute Gasteiger partial charge is 0.497 e. The van der Waals surface area contributed by atoms with E-state index in [1.165, 1.54) is 24.8 Å². The highest BCUT2D eigenvalue weighted by atomic mass is 16.5. The molecule has 2 rings (SSSR count). The number of ether oxygens (including phenoxy) is 2. The van der Waals surface area contributed by atoms with E-state index >= 15 is 0 Å². The first kappa shape index (κ1) is 11.3. The van der Waals surface area contributed by atoms with Crippen LogP contribution in [0.2, 0.25) is 0 Å². The molecule has 1 saturated heterocycles. The van der Waals surface area contributed by atoms with Crippen LogP contribution in [0.3, 0.4) is 0 Å². The summed E-state index contributed by atoms with van der Waals surface area (Å²) in [6.45, 7) is 1.10. The van der Waals surface area contributed by atoms with Gasteiger partial charge in [0.2, 0.25) is 0 Å². The molecule has 1 N–H and O–H groups in total. The highest BCUT2D eigenvalue weighted by Gasteiger charge is 2.16. The van der Waals surface area contributed by atoms with Crippen LogP contribution in [0.4, 0.5) is 0 Å². The van der Waals surface area contributed by atoms with Crippen molar-refractivity contribution in [1.82, 2.24) is 5.32 Å². The minimum absolute atomic E-state index is 0.442. The second-order valence-electron chi connectivity index (χ2n) is 4.15. The van der Waals surface area contributed by atoms with Crippen LogP contribution < -0.4 is 14.8 Å². The third kappa shape index (κ3) is 2.47. The Hall–Kier alpha value is -1.22. The molecule has 3 nitrogen and oxygen atoms in total. The second kappa shape index (κ2) is 5.21. The molecule has 1 heterocycles. The second-order valence-corrected chi connectivity index (χ2v) is 4.15. The maximum Gasteiger partial charge on any atom is 0.122 e. The van der Waals surface area contributed by atoms with E-state index in [4.69, 9.17) is 9.47 Å². The van der Waals surface area contributed by atoms with Crippen molar-refractivity contribution >= 4 is 0 Å². The summed E-state index contributed by atoms with van der Waals surface area (Å²) in [5.41, 5.74) is 1.26. The Morgan fingerprint density at radius 2 is 1.75 bits per heavy atom. The molecule has 1 aromatic rings. The van der Waals surface area contributed by atoms with E-state index in [1.807, 2.05) is 6.07 Å². The molecular formula is C13H19NO2. The number of nitrogens with one attached hydrogen (secondary N) is 1. The predicted octanol–water partition coefficient (Wildman–Crippen LogP) is 2.52. The van der Waals surface area contributed by atoms with Crippen LogP contribution >= 0.6 is 0 Å². The van der Waals surface area contributed by atoms with Crippen molar-refractivity contribution in [2.75, 3.05) is 20.8 Å². The molecule has 1 atom stereocenters. The SMILES string of the molecule is COc1cc(OC)cc(C2CCCCN2)c1. The van der Waals surface area contributed by atoms with Crippen LogP contribution in [0.1, 0.15) is 30.9 Å². The number of piperidine rings is 1. The van der Waals surface area contributed by atoms with Gasteiger partial charge in [-0.25, -0.2) is 0 Å². The average Bonchev–Trinajstić information content (AvgIpc) is 2.39. The lowest BCUT2D eigenvalue weighted by Gasteiger charge is -2.24. The molecule has 1 aromatic carbocycles. The van der Waals surface area contributed by atoms with Crippen LogP contribution in [0.5, 0.6) is 11.5 Å². The summed E-state index contributed by atoms with van der Waals surface area (Å²) in [6.07, 6.45) is 3.76. The van der Waals surface area contributed by atoms with Gasteiger partial charge < -0.3 is 14.8 Å². The minimum atomic E-state index is 0.442. The number of hydrogen-bond donors (Lipinski definition) is 1. The van der Waals surface area contributed by atoms with Gasteiger partial charge in [-0.2, -0.15) is 0 Å². The van der Waals surface area contributed by atoms with Crippen LogP contribution in [-0.2, 0) is 0 Å². The Kier molecular flexibility index (Phi) is 3.67. The number of benzene rings is 1. The van der Waals surface area contributed by atoms with Crippen molar-refractivity contribution in [2.24, 2.45) is 0 Å². The van der Waals surface area contributed by atoms with E-state index in [0.717, 1.165) is 18.0 Å². The summed E-state index contributed by atoms with van der Waals surface area (Å²) in [7, 11) is 3.37. The van der Waals surface area contributed by atoms with E-state index in [1.54, 1.807) is 14.2 Å². The number of methoxy groups -OCH3 is 2. The third-order valence-electron chi connectivity index (χ3n) is 3.09. The van der Waals surface area contributed by atoms with Crippen molar-refractivity contribution < 1.29 is 9.47 Å². The summed E-state index contributed by atoms with van der Waals surface area (Å²) in [5, 5.41) is 3.53. The first-order chi connectivity index (χ1) is 7.83. The summed E-state index contributed by atoms with van der Waals surface area (Å²) in [4.78, 5) is 0. The zero-order chi connectivity index (χ0) is 11.4. The summed E-state index contributed by atoms with van der Waals surface area (Å²) in [6, 6.07) is 6.53. The predicted molar refractivity (Wildman–Crippen MR) is 64.1 cm³/mol. The first-order valence-electron chi connectivity index (χ1n) is 5.80. The van der Waals surface area contributed by atoms with Gasteiger partial charge in [0.05, 0.1) is 14.2 Å². The lowest BCUT2D eigenvalue weighted by molar-refractivity contribution is 0.383. The zero-order valence-corrected chi connectivity index (χ0v) is 9.95. The van der Waals surface area contributed by atoms with Gasteiger partial charge in [-0.05, 0) is 37.1 Å². The van der Waals surface area contributed by atoms with E-state index in [0.29, 0.717) is 6.04 Å². The molecule has 0 amide bonds. The van der Waals surface area contributed by atoms with Crippen LogP contribution in [0.25, 0.3) is 0 Å². The van der Waals surface area contributed by atoms with Crippen LogP contribution in [0, 0.1) is 0 Å². The number of hydrogen-bond acceptors (Lipinski definition) is 3. The van der Waals surface area contributed by atoms with Gasteiger partial charge in [-0.3, -0.25) is 0 Å². The molecule has 88 valence electrons. The molecule has 1 aliphatic rings. The molecule has 3 heteroatoms.